The van der Waals surface area contributed by atoms with Crippen LogP contribution in [0.25, 0.3) is 10.9 Å². The summed E-state index contributed by atoms with van der Waals surface area (Å²) in [7, 11) is 0. The number of rotatable bonds is 7. The Labute approximate surface area is 147 Å². The molecule has 6 heteroatoms. The van der Waals surface area contributed by atoms with E-state index in [4.69, 9.17) is 0 Å². The summed E-state index contributed by atoms with van der Waals surface area (Å²) < 4.78 is 13.6. The van der Waals surface area contributed by atoms with Crippen molar-refractivity contribution < 1.29 is 4.39 Å². The van der Waals surface area contributed by atoms with E-state index in [9.17, 15) is 4.39 Å². The summed E-state index contributed by atoms with van der Waals surface area (Å²) >= 11 is 1.81. The molecule has 4 nitrogen and oxygen atoms in total. The van der Waals surface area contributed by atoms with Gasteiger partial charge in [-0.05, 0) is 57.2 Å². The van der Waals surface area contributed by atoms with Crippen molar-refractivity contribution in [1.29, 1.82) is 0 Å². The molecule has 0 bridgehead atoms. The lowest BCUT2D eigenvalue weighted by Gasteiger charge is -2.20. The number of hydrogen-bond donors (Lipinski definition) is 3. The van der Waals surface area contributed by atoms with Gasteiger partial charge >= 0.3 is 0 Å². The highest BCUT2D eigenvalue weighted by Gasteiger charge is 2.15. The molecule has 24 heavy (non-hydrogen) atoms. The third-order valence-corrected chi connectivity index (χ3v) is 5.17. The summed E-state index contributed by atoms with van der Waals surface area (Å²) in [5.41, 5.74) is 2.07. The maximum absolute atomic E-state index is 13.4. The molecule has 1 heterocycles. The number of aliphatic imine (C=N–C) groups is 1. The maximum Gasteiger partial charge on any atom is 0.191 e. The lowest BCUT2D eigenvalue weighted by atomic mass is 10.1. The minimum absolute atomic E-state index is 0.122. The van der Waals surface area contributed by atoms with E-state index in [0.717, 1.165) is 48.5 Å². The molecule has 0 aliphatic heterocycles. The number of H-pyrrole nitrogens is 1. The highest BCUT2D eigenvalue weighted by Crippen LogP contribution is 2.21. The molecule has 132 valence electrons. The molecule has 2 rings (SSSR count). The van der Waals surface area contributed by atoms with Gasteiger partial charge in [0, 0.05) is 34.9 Å². The molecule has 0 fully saturated rings. The Kier molecular flexibility index (Phi) is 6.54. The van der Waals surface area contributed by atoms with Gasteiger partial charge in [-0.15, -0.1) is 0 Å². The molecular weight excluding hydrogens is 323 g/mol. The van der Waals surface area contributed by atoms with Crippen molar-refractivity contribution in [2.45, 2.75) is 31.9 Å². The van der Waals surface area contributed by atoms with E-state index in [2.05, 4.69) is 47.6 Å². The van der Waals surface area contributed by atoms with E-state index in [1.807, 2.05) is 18.0 Å². The summed E-state index contributed by atoms with van der Waals surface area (Å²) in [6.07, 6.45) is 4.86. The average Bonchev–Trinajstić information content (AvgIpc) is 2.95. The highest BCUT2D eigenvalue weighted by atomic mass is 32.2. The number of nitrogens with zero attached hydrogens (tertiary/aromatic N) is 1. The number of nitrogens with one attached hydrogen (secondary N) is 3. The molecule has 2 aromatic rings. The van der Waals surface area contributed by atoms with Crippen LogP contribution in [0.1, 0.15) is 26.3 Å². The van der Waals surface area contributed by atoms with E-state index in [1.165, 1.54) is 6.07 Å². The quantitative estimate of drug-likeness (QED) is 0.529. The van der Waals surface area contributed by atoms with Gasteiger partial charge in [0.05, 0.1) is 6.54 Å². The fourth-order valence-electron chi connectivity index (χ4n) is 2.35. The molecule has 0 amide bonds. The first-order chi connectivity index (χ1) is 11.4. The Balaban J connectivity index is 1.96. The standard InChI is InChI=1S/C18H27FN4S/c1-5-20-17(23-12-18(2,3)24-4)21-9-8-13-11-22-16-7-6-14(19)10-15(13)16/h6-7,10-11,22H,5,8-9,12H2,1-4H3,(H2,20,21,23). The Morgan fingerprint density at radius 1 is 1.33 bits per heavy atom. The second-order valence-electron chi connectivity index (χ2n) is 6.34. The number of fused-ring (bicyclic) bond motifs is 1. The Hall–Kier alpha value is -1.69. The summed E-state index contributed by atoms with van der Waals surface area (Å²) in [4.78, 5) is 7.85. The van der Waals surface area contributed by atoms with E-state index in [-0.39, 0.29) is 10.6 Å². The van der Waals surface area contributed by atoms with Gasteiger partial charge in [-0.3, -0.25) is 4.99 Å². The van der Waals surface area contributed by atoms with Gasteiger partial charge in [-0.1, -0.05) is 0 Å². The fourth-order valence-corrected chi connectivity index (χ4v) is 2.54. The third-order valence-electron chi connectivity index (χ3n) is 3.93. The molecule has 0 radical (unpaired) electrons. The van der Waals surface area contributed by atoms with E-state index < -0.39 is 0 Å². The van der Waals surface area contributed by atoms with Gasteiger partial charge in [-0.25, -0.2) is 4.39 Å². The zero-order chi connectivity index (χ0) is 17.6. The van der Waals surface area contributed by atoms with Crippen molar-refractivity contribution >= 4 is 28.6 Å². The van der Waals surface area contributed by atoms with Crippen molar-refractivity contribution in [2.24, 2.45) is 4.99 Å². The van der Waals surface area contributed by atoms with Gasteiger partial charge in [0.1, 0.15) is 5.82 Å². The summed E-state index contributed by atoms with van der Waals surface area (Å²) in [6.45, 7) is 8.75. The molecule has 0 unspecified atom stereocenters. The van der Waals surface area contributed by atoms with Crippen molar-refractivity contribution in [3.05, 3.63) is 35.8 Å². The number of halogens is 1. The van der Waals surface area contributed by atoms with Crippen molar-refractivity contribution in [3.63, 3.8) is 0 Å². The van der Waals surface area contributed by atoms with Gasteiger partial charge in [0.15, 0.2) is 5.96 Å². The second-order valence-corrected chi connectivity index (χ2v) is 7.85. The second kappa shape index (κ2) is 8.42. The molecule has 0 atom stereocenters. The summed E-state index contributed by atoms with van der Waals surface area (Å²) in [6, 6.07) is 4.84. The largest absolute Gasteiger partial charge is 0.361 e. The normalized spacial score (nSPS) is 12.6. The van der Waals surface area contributed by atoms with Crippen LogP contribution < -0.4 is 10.6 Å². The Morgan fingerprint density at radius 3 is 2.83 bits per heavy atom. The van der Waals surface area contributed by atoms with Crippen LogP contribution in [0.4, 0.5) is 4.39 Å². The first-order valence-corrected chi connectivity index (χ1v) is 9.50. The van der Waals surface area contributed by atoms with Crippen molar-refractivity contribution in [2.75, 3.05) is 25.9 Å². The minimum Gasteiger partial charge on any atom is -0.361 e. The van der Waals surface area contributed by atoms with Crippen LogP contribution in [0.2, 0.25) is 0 Å². The van der Waals surface area contributed by atoms with Crippen LogP contribution in [0.15, 0.2) is 29.4 Å². The molecular formula is C18H27FN4S. The van der Waals surface area contributed by atoms with Crippen molar-refractivity contribution in [3.8, 4) is 0 Å². The SMILES string of the molecule is CCNC(=NCC(C)(C)SC)NCCc1c[nH]c2ccc(F)cc12. The lowest BCUT2D eigenvalue weighted by Crippen LogP contribution is -2.39. The smallest absolute Gasteiger partial charge is 0.191 e. The number of thioether (sulfide) groups is 1. The molecule has 0 spiro atoms. The number of guanidine groups is 1. The zero-order valence-electron chi connectivity index (χ0n) is 14.9. The first-order valence-electron chi connectivity index (χ1n) is 8.28. The molecule has 0 saturated carbocycles. The van der Waals surface area contributed by atoms with E-state index in [0.29, 0.717) is 0 Å². The maximum atomic E-state index is 13.4. The third kappa shape index (κ3) is 5.16. The van der Waals surface area contributed by atoms with Gasteiger partial charge in [0.2, 0.25) is 0 Å². The molecule has 1 aromatic carbocycles. The molecule has 0 aliphatic carbocycles. The zero-order valence-corrected chi connectivity index (χ0v) is 15.7. The Morgan fingerprint density at radius 2 is 2.12 bits per heavy atom. The fraction of sp³-hybridized carbons (Fsp3) is 0.500. The van der Waals surface area contributed by atoms with Gasteiger partial charge in [-0.2, -0.15) is 11.8 Å². The average molecular weight is 351 g/mol. The van der Waals surface area contributed by atoms with Gasteiger partial charge in [0.25, 0.3) is 0 Å². The summed E-state index contributed by atoms with van der Waals surface area (Å²) in [5.74, 6) is 0.621. The lowest BCUT2D eigenvalue weighted by molar-refractivity contribution is 0.629. The van der Waals surface area contributed by atoms with Crippen LogP contribution in [0.5, 0.6) is 0 Å². The predicted octanol–water partition coefficient (Wildman–Crippen LogP) is 3.55. The molecule has 0 saturated heterocycles. The topological polar surface area (TPSA) is 52.2 Å². The van der Waals surface area contributed by atoms with Crippen LogP contribution in [0, 0.1) is 5.82 Å². The Bertz CT molecular complexity index is 693. The molecule has 0 aliphatic rings. The monoisotopic (exact) mass is 350 g/mol. The van der Waals surface area contributed by atoms with E-state index in [1.54, 1.807) is 12.1 Å². The minimum atomic E-state index is -0.203. The number of benzene rings is 1. The number of aromatic amines is 1. The van der Waals surface area contributed by atoms with Crippen LogP contribution in [-0.2, 0) is 6.42 Å². The van der Waals surface area contributed by atoms with E-state index >= 15 is 0 Å². The number of aromatic nitrogens is 1. The van der Waals surface area contributed by atoms with Crippen molar-refractivity contribution in [1.82, 2.24) is 15.6 Å². The van der Waals surface area contributed by atoms with Crippen LogP contribution in [-0.4, -0.2) is 41.6 Å². The summed E-state index contributed by atoms with van der Waals surface area (Å²) in [5, 5.41) is 7.57. The highest BCUT2D eigenvalue weighted by molar-refractivity contribution is 7.99. The first kappa shape index (κ1) is 18.6. The van der Waals surface area contributed by atoms with Crippen LogP contribution >= 0.6 is 11.8 Å². The predicted molar refractivity (Wildman–Crippen MR) is 104 cm³/mol. The molecule has 1 aromatic heterocycles. The van der Waals surface area contributed by atoms with Crippen LogP contribution in [0.3, 0.4) is 0 Å². The van der Waals surface area contributed by atoms with Gasteiger partial charge < -0.3 is 15.6 Å². The molecule has 3 N–H and O–H groups in total. The number of hydrogen-bond acceptors (Lipinski definition) is 2.